The lowest BCUT2D eigenvalue weighted by Crippen LogP contribution is -2.62. The first-order valence-corrected chi connectivity index (χ1v) is 13.3. The van der Waals surface area contributed by atoms with Crippen LogP contribution in [0.25, 0.3) is 0 Å². The number of carboxylic acid groups (broad SMARTS) is 1. The van der Waals surface area contributed by atoms with E-state index in [0.717, 1.165) is 5.57 Å². The molecule has 0 amide bonds. The van der Waals surface area contributed by atoms with Crippen LogP contribution in [-0.4, -0.2) is 91.8 Å². The molecule has 0 aromatic heterocycles. The van der Waals surface area contributed by atoms with Crippen LogP contribution in [0.1, 0.15) is 58.8 Å². The number of allylic oxidation sites excluding steroid dienone is 1. The number of fused-ring (bicyclic) bond motifs is 5. The molecule has 11 nitrogen and oxygen atoms in total. The Morgan fingerprint density at radius 3 is 2.45 bits per heavy atom. The SMILES string of the molecule is C[C@]12CCC(=O)C=C1CC[C@@H]1[C@@H]2C(=O)C[C@@]2(C)[C@H]1CC[C@@]2(O)C(=O)CO[C@H]1O[C@@H](C(=O)O)[C@@H](O)[C@@H](O)[C@H]1O. The van der Waals surface area contributed by atoms with Crippen molar-refractivity contribution in [3.63, 3.8) is 0 Å². The summed E-state index contributed by atoms with van der Waals surface area (Å²) < 4.78 is 10.4. The number of rotatable bonds is 5. The standard InChI is InChI=1S/C27H36O11/c1-25-7-5-13(28)9-12(25)3-4-14-15-6-8-27(36,26(15,2)10-16(29)18(14)25)17(30)11-37-24-21(33)19(31)20(32)22(38-24)23(34)35/h9,14-15,18-22,24,31-33,36H,3-8,10-11H2,1-2H3,(H,34,35)/t14-,15-,18+,19+,20-,21+,22+,24-,25-,26-,27+/m0/s1. The maximum absolute atomic E-state index is 13.7. The van der Waals surface area contributed by atoms with E-state index in [1.54, 1.807) is 13.0 Å². The van der Waals surface area contributed by atoms with Crippen molar-refractivity contribution in [1.82, 2.24) is 0 Å². The van der Waals surface area contributed by atoms with Crippen molar-refractivity contribution in [3.05, 3.63) is 11.6 Å². The van der Waals surface area contributed by atoms with E-state index in [1.807, 2.05) is 0 Å². The van der Waals surface area contributed by atoms with Gasteiger partial charge in [0.1, 0.15) is 36.3 Å². The summed E-state index contributed by atoms with van der Waals surface area (Å²) >= 11 is 0. The summed E-state index contributed by atoms with van der Waals surface area (Å²) in [5.41, 5.74) is -2.30. The maximum Gasteiger partial charge on any atom is 0.335 e. The molecule has 0 radical (unpaired) electrons. The van der Waals surface area contributed by atoms with Crippen LogP contribution in [0.4, 0.5) is 0 Å². The van der Waals surface area contributed by atoms with Gasteiger partial charge in [-0.15, -0.1) is 0 Å². The number of hydrogen-bond donors (Lipinski definition) is 5. The number of Topliss-reactive ketones (excluding diaryl/α,β-unsaturated/α-hetero) is 2. The average Bonchev–Trinajstić information content (AvgIpc) is 3.13. The van der Waals surface area contributed by atoms with E-state index in [2.05, 4.69) is 6.92 Å². The second-order valence-electron chi connectivity index (χ2n) is 12.3. The minimum absolute atomic E-state index is 0.00639. The molecule has 5 rings (SSSR count). The predicted molar refractivity (Wildman–Crippen MR) is 127 cm³/mol. The summed E-state index contributed by atoms with van der Waals surface area (Å²) in [6, 6.07) is 0. The Bertz CT molecular complexity index is 1080. The van der Waals surface area contributed by atoms with Crippen LogP contribution in [0.3, 0.4) is 0 Å². The molecule has 5 N–H and O–H groups in total. The molecular formula is C27H36O11. The first-order chi connectivity index (χ1) is 17.7. The summed E-state index contributed by atoms with van der Waals surface area (Å²) in [4.78, 5) is 50.5. The molecule has 1 saturated heterocycles. The third-order valence-electron chi connectivity index (χ3n) is 10.5. The topological polar surface area (TPSA) is 188 Å². The smallest absolute Gasteiger partial charge is 0.335 e. The fourth-order valence-electron chi connectivity index (χ4n) is 8.31. The van der Waals surface area contributed by atoms with Crippen molar-refractivity contribution in [2.45, 2.75) is 95.1 Å². The second-order valence-corrected chi connectivity index (χ2v) is 12.3. The molecule has 3 saturated carbocycles. The van der Waals surface area contributed by atoms with Crippen LogP contribution in [0.5, 0.6) is 0 Å². The normalized spacial score (nSPS) is 48.5. The van der Waals surface area contributed by atoms with Crippen molar-refractivity contribution < 1.29 is 54.2 Å². The van der Waals surface area contributed by atoms with Crippen LogP contribution >= 0.6 is 0 Å². The van der Waals surface area contributed by atoms with Crippen molar-refractivity contribution in [2.24, 2.45) is 28.6 Å². The molecular weight excluding hydrogens is 500 g/mol. The molecule has 1 aliphatic heterocycles. The van der Waals surface area contributed by atoms with Crippen LogP contribution in [0, 0.1) is 28.6 Å². The van der Waals surface area contributed by atoms with Crippen LogP contribution in [-0.2, 0) is 28.7 Å². The minimum Gasteiger partial charge on any atom is -0.479 e. The minimum atomic E-state index is -1.90. The molecule has 0 bridgehead atoms. The Balaban J connectivity index is 1.34. The van der Waals surface area contributed by atoms with Crippen molar-refractivity contribution in [3.8, 4) is 0 Å². The van der Waals surface area contributed by atoms with Crippen molar-refractivity contribution >= 4 is 23.3 Å². The monoisotopic (exact) mass is 536 g/mol. The third kappa shape index (κ3) is 3.85. The highest BCUT2D eigenvalue weighted by atomic mass is 16.7. The zero-order valence-corrected chi connectivity index (χ0v) is 21.5. The van der Waals surface area contributed by atoms with Crippen LogP contribution in [0.15, 0.2) is 11.6 Å². The third-order valence-corrected chi connectivity index (χ3v) is 10.5. The van der Waals surface area contributed by atoms with Gasteiger partial charge in [0.25, 0.3) is 0 Å². The van der Waals surface area contributed by atoms with E-state index >= 15 is 0 Å². The molecule has 5 aliphatic rings. The molecule has 11 heteroatoms. The van der Waals surface area contributed by atoms with Gasteiger partial charge in [0, 0.05) is 24.2 Å². The van der Waals surface area contributed by atoms with Gasteiger partial charge >= 0.3 is 5.97 Å². The van der Waals surface area contributed by atoms with E-state index in [1.165, 1.54) is 0 Å². The molecule has 0 aromatic carbocycles. The van der Waals surface area contributed by atoms with E-state index in [4.69, 9.17) is 9.47 Å². The van der Waals surface area contributed by atoms with Gasteiger partial charge in [-0.2, -0.15) is 0 Å². The van der Waals surface area contributed by atoms with E-state index < -0.39 is 65.5 Å². The van der Waals surface area contributed by atoms with E-state index in [-0.39, 0.29) is 42.2 Å². The number of carbonyl (C=O) groups is 4. The maximum atomic E-state index is 13.7. The Labute approximate surface area is 219 Å². The number of carbonyl (C=O) groups excluding carboxylic acids is 3. The van der Waals surface area contributed by atoms with Gasteiger partial charge < -0.3 is 35.0 Å². The fraction of sp³-hybridized carbons (Fsp3) is 0.778. The molecule has 11 atom stereocenters. The van der Waals surface area contributed by atoms with Gasteiger partial charge in [-0.05, 0) is 55.4 Å². The molecule has 0 aromatic rings. The fourth-order valence-corrected chi connectivity index (χ4v) is 8.31. The Hall–Kier alpha value is -2.02. The number of aliphatic carboxylic acids is 1. The number of ether oxygens (including phenoxy) is 2. The molecule has 38 heavy (non-hydrogen) atoms. The molecule has 0 spiro atoms. The largest absolute Gasteiger partial charge is 0.479 e. The van der Waals surface area contributed by atoms with Crippen molar-refractivity contribution in [1.29, 1.82) is 0 Å². The molecule has 0 unspecified atom stereocenters. The zero-order valence-electron chi connectivity index (χ0n) is 21.5. The summed E-state index contributed by atoms with van der Waals surface area (Å²) in [6.45, 7) is 3.08. The van der Waals surface area contributed by atoms with Gasteiger partial charge in [-0.3, -0.25) is 14.4 Å². The van der Waals surface area contributed by atoms with Gasteiger partial charge in [0.05, 0.1) is 0 Å². The average molecular weight is 537 g/mol. The number of aliphatic hydroxyl groups is 4. The highest BCUT2D eigenvalue weighted by molar-refractivity contribution is 5.94. The lowest BCUT2D eigenvalue weighted by molar-refractivity contribution is -0.293. The summed E-state index contributed by atoms with van der Waals surface area (Å²) in [5.74, 6) is -2.62. The van der Waals surface area contributed by atoms with E-state index in [0.29, 0.717) is 32.1 Å². The molecule has 4 aliphatic carbocycles. The number of carboxylic acids is 1. The first-order valence-electron chi connectivity index (χ1n) is 13.3. The zero-order chi connectivity index (χ0) is 27.8. The number of hydrogen-bond acceptors (Lipinski definition) is 10. The second kappa shape index (κ2) is 9.28. The first kappa shape index (κ1) is 27.5. The molecule has 1 heterocycles. The van der Waals surface area contributed by atoms with E-state index in [9.17, 15) is 44.7 Å². The van der Waals surface area contributed by atoms with Crippen LogP contribution < -0.4 is 0 Å². The lowest BCUT2D eigenvalue weighted by atomic mass is 9.46. The predicted octanol–water partition coefficient (Wildman–Crippen LogP) is -0.0937. The van der Waals surface area contributed by atoms with Gasteiger partial charge in [-0.1, -0.05) is 19.4 Å². The Morgan fingerprint density at radius 2 is 1.76 bits per heavy atom. The summed E-state index contributed by atoms with van der Waals surface area (Å²) in [6.07, 6.45) is -4.39. The van der Waals surface area contributed by atoms with Gasteiger partial charge in [0.15, 0.2) is 24.0 Å². The summed E-state index contributed by atoms with van der Waals surface area (Å²) in [5, 5.41) is 51.0. The van der Waals surface area contributed by atoms with Crippen LogP contribution in [0.2, 0.25) is 0 Å². The highest BCUT2D eigenvalue weighted by Crippen LogP contribution is 2.66. The molecule has 4 fully saturated rings. The quantitative estimate of drug-likeness (QED) is 0.316. The number of ketones is 3. The number of aliphatic hydroxyl groups excluding tert-OH is 3. The molecule has 210 valence electrons. The van der Waals surface area contributed by atoms with Crippen molar-refractivity contribution in [2.75, 3.05) is 6.61 Å². The van der Waals surface area contributed by atoms with Gasteiger partial charge in [0.2, 0.25) is 0 Å². The Kier molecular flexibility index (Phi) is 6.72. The lowest BCUT2D eigenvalue weighted by Gasteiger charge is -2.57. The summed E-state index contributed by atoms with van der Waals surface area (Å²) in [7, 11) is 0. The van der Waals surface area contributed by atoms with Gasteiger partial charge in [-0.25, -0.2) is 4.79 Å². The highest BCUT2D eigenvalue weighted by Gasteiger charge is 2.68. The Morgan fingerprint density at radius 1 is 1.05 bits per heavy atom.